The van der Waals surface area contributed by atoms with Crippen LogP contribution < -0.4 is 10.0 Å². The molecule has 0 aliphatic carbocycles. The Bertz CT molecular complexity index is 714. The van der Waals surface area contributed by atoms with E-state index in [-0.39, 0.29) is 4.90 Å². The number of aryl methyl sites for hydroxylation is 1. The lowest BCUT2D eigenvalue weighted by Gasteiger charge is -2.29. The van der Waals surface area contributed by atoms with E-state index in [2.05, 4.69) is 24.8 Å². The third-order valence-corrected chi connectivity index (χ3v) is 5.87. The second kappa shape index (κ2) is 8.81. The van der Waals surface area contributed by atoms with Crippen LogP contribution in [-0.2, 0) is 14.8 Å². The van der Waals surface area contributed by atoms with Crippen LogP contribution in [0.25, 0.3) is 0 Å². The summed E-state index contributed by atoms with van der Waals surface area (Å²) < 4.78 is 32.6. The van der Waals surface area contributed by atoms with E-state index in [9.17, 15) is 8.42 Å². The van der Waals surface area contributed by atoms with Crippen LogP contribution in [0, 0.1) is 6.92 Å². The first-order valence-corrected chi connectivity index (χ1v) is 10.4. The summed E-state index contributed by atoms with van der Waals surface area (Å²) in [4.78, 5) is 9.11. The van der Waals surface area contributed by atoms with Crippen molar-refractivity contribution < 1.29 is 13.2 Å². The molecule has 0 unspecified atom stereocenters. The van der Waals surface area contributed by atoms with Crippen molar-refractivity contribution in [2.24, 2.45) is 4.99 Å². The quantitative estimate of drug-likeness (QED) is 0.731. The molecule has 1 saturated heterocycles. The van der Waals surface area contributed by atoms with Crippen molar-refractivity contribution in [1.82, 2.24) is 19.8 Å². The highest BCUT2D eigenvalue weighted by Crippen LogP contribution is 2.10. The fourth-order valence-corrected chi connectivity index (χ4v) is 3.93. The number of ether oxygens (including phenoxy) is 1. The Labute approximate surface area is 155 Å². The third-order valence-electron chi connectivity index (χ3n) is 4.51. The van der Waals surface area contributed by atoms with Crippen molar-refractivity contribution in [2.45, 2.75) is 18.2 Å². The van der Waals surface area contributed by atoms with Gasteiger partial charge in [-0.3, -0.25) is 9.80 Å². The zero-order chi connectivity index (χ0) is 18.4. The van der Waals surface area contributed by atoms with E-state index in [1.807, 2.05) is 6.92 Å². The topological polar surface area (TPSA) is 86.3 Å². The monoisotopic (exact) mass is 381 g/mol. The summed E-state index contributed by atoms with van der Waals surface area (Å²) in [5.74, 6) is 0.301. The molecule has 144 valence electrons. The molecular weight excluding hydrogens is 354 g/mol. The third kappa shape index (κ3) is 5.41. The van der Waals surface area contributed by atoms with Crippen LogP contribution in [0.5, 0.6) is 0 Å². The van der Waals surface area contributed by atoms with E-state index in [0.29, 0.717) is 19.3 Å². The molecule has 0 amide bonds. The van der Waals surface area contributed by atoms with Crippen LogP contribution in [-0.4, -0.2) is 76.9 Å². The number of hydrogen-bond donors (Lipinski definition) is 2. The maximum absolute atomic E-state index is 12.4. The number of morpholine rings is 1. The maximum atomic E-state index is 12.4. The van der Waals surface area contributed by atoms with Crippen LogP contribution in [0.1, 0.15) is 12.0 Å². The van der Waals surface area contributed by atoms with Crippen LogP contribution >= 0.6 is 0 Å². The van der Waals surface area contributed by atoms with Gasteiger partial charge in [-0.05, 0) is 32.0 Å². The first-order valence-electron chi connectivity index (χ1n) is 8.93. The Hall–Kier alpha value is -1.68. The minimum Gasteiger partial charge on any atom is -0.379 e. The lowest BCUT2D eigenvalue weighted by Crippen LogP contribution is -2.50. The molecule has 0 atom stereocenters. The molecule has 2 heterocycles. The van der Waals surface area contributed by atoms with E-state index in [1.54, 1.807) is 24.3 Å². The fourth-order valence-electron chi connectivity index (χ4n) is 2.93. The van der Waals surface area contributed by atoms with Gasteiger partial charge >= 0.3 is 0 Å². The summed E-state index contributed by atoms with van der Waals surface area (Å²) in [6, 6.07) is 6.75. The largest absolute Gasteiger partial charge is 0.379 e. The number of aliphatic imine (C=N–C) groups is 1. The molecule has 0 aromatic heterocycles. The molecule has 0 bridgehead atoms. The first kappa shape index (κ1) is 19.1. The Kier molecular flexibility index (Phi) is 6.47. The molecule has 1 aromatic carbocycles. The van der Waals surface area contributed by atoms with Gasteiger partial charge in [-0.1, -0.05) is 17.7 Å². The average Bonchev–Trinajstić information content (AvgIpc) is 2.64. The molecule has 2 aliphatic heterocycles. The predicted octanol–water partition coefficient (Wildman–Crippen LogP) is 0.172. The fraction of sp³-hybridized carbons (Fsp3) is 0.588. The van der Waals surface area contributed by atoms with Gasteiger partial charge in [0.05, 0.1) is 31.4 Å². The van der Waals surface area contributed by atoms with Gasteiger partial charge in [-0.2, -0.15) is 0 Å². The second-order valence-electron chi connectivity index (χ2n) is 6.60. The van der Waals surface area contributed by atoms with Gasteiger partial charge < -0.3 is 10.1 Å². The molecule has 2 aliphatic rings. The predicted molar refractivity (Wildman–Crippen MR) is 100 cm³/mol. The van der Waals surface area contributed by atoms with Gasteiger partial charge in [0.1, 0.15) is 0 Å². The van der Waals surface area contributed by atoms with Crippen LogP contribution in [0.15, 0.2) is 34.2 Å². The minimum absolute atomic E-state index is 0.237. The molecule has 0 radical (unpaired) electrons. The summed E-state index contributed by atoms with van der Waals surface area (Å²) in [5, 5.41) is 3.05. The molecule has 1 fully saturated rings. The molecule has 0 spiro atoms. The Balaban J connectivity index is 1.44. The summed E-state index contributed by atoms with van der Waals surface area (Å²) in [7, 11) is -3.61. The highest BCUT2D eigenvalue weighted by Gasteiger charge is 2.19. The van der Waals surface area contributed by atoms with E-state index in [1.165, 1.54) is 0 Å². The zero-order valence-electron chi connectivity index (χ0n) is 15.1. The van der Waals surface area contributed by atoms with Crippen molar-refractivity contribution in [1.29, 1.82) is 0 Å². The van der Waals surface area contributed by atoms with Crippen LogP contribution in [0.2, 0.25) is 0 Å². The number of nitrogens with zero attached hydrogens (tertiary/aromatic N) is 3. The second-order valence-corrected chi connectivity index (χ2v) is 8.29. The van der Waals surface area contributed by atoms with E-state index in [4.69, 9.17) is 4.74 Å². The average molecular weight is 382 g/mol. The number of nitrogens with one attached hydrogen (secondary N) is 2. The summed E-state index contributed by atoms with van der Waals surface area (Å²) in [6.45, 7) is 8.61. The number of benzene rings is 1. The number of hydrogen-bond acceptors (Lipinski definition) is 7. The van der Waals surface area contributed by atoms with Gasteiger partial charge in [0.15, 0.2) is 0 Å². The van der Waals surface area contributed by atoms with Crippen molar-refractivity contribution in [2.75, 3.05) is 52.7 Å². The van der Waals surface area contributed by atoms with Crippen LogP contribution in [0.3, 0.4) is 0 Å². The Morgan fingerprint density at radius 1 is 1.15 bits per heavy atom. The van der Waals surface area contributed by atoms with Gasteiger partial charge in [0, 0.05) is 19.6 Å². The molecule has 8 nitrogen and oxygen atoms in total. The summed E-state index contributed by atoms with van der Waals surface area (Å²) in [5.41, 5.74) is 1.02. The molecule has 3 rings (SSSR count). The molecule has 2 N–H and O–H groups in total. The van der Waals surface area contributed by atoms with Crippen LogP contribution in [0.4, 0.5) is 0 Å². The Morgan fingerprint density at radius 3 is 2.50 bits per heavy atom. The van der Waals surface area contributed by atoms with E-state index < -0.39 is 10.0 Å². The molecule has 26 heavy (non-hydrogen) atoms. The highest BCUT2D eigenvalue weighted by molar-refractivity contribution is 7.90. The van der Waals surface area contributed by atoms with E-state index >= 15 is 0 Å². The van der Waals surface area contributed by atoms with E-state index in [0.717, 1.165) is 51.4 Å². The van der Waals surface area contributed by atoms with Crippen molar-refractivity contribution in [3.05, 3.63) is 29.8 Å². The smallest absolute Gasteiger partial charge is 0.264 e. The van der Waals surface area contributed by atoms with Gasteiger partial charge in [-0.15, -0.1) is 0 Å². The molecule has 1 aromatic rings. The summed E-state index contributed by atoms with van der Waals surface area (Å²) >= 11 is 0. The SMILES string of the molecule is Cc1ccc(S(=O)(=O)NC2=NCN(CCCN3CCOCC3)CN2)cc1. The van der Waals surface area contributed by atoms with Gasteiger partial charge in [0.25, 0.3) is 10.0 Å². The van der Waals surface area contributed by atoms with Gasteiger partial charge in [-0.25, -0.2) is 18.1 Å². The van der Waals surface area contributed by atoms with Crippen molar-refractivity contribution >= 4 is 16.0 Å². The number of sulfonamides is 1. The van der Waals surface area contributed by atoms with Crippen molar-refractivity contribution in [3.63, 3.8) is 0 Å². The number of guanidine groups is 1. The Morgan fingerprint density at radius 2 is 1.85 bits per heavy atom. The molecule has 9 heteroatoms. The lowest BCUT2D eigenvalue weighted by atomic mass is 10.2. The van der Waals surface area contributed by atoms with Crippen molar-refractivity contribution in [3.8, 4) is 0 Å². The number of rotatable bonds is 6. The molecule has 0 saturated carbocycles. The zero-order valence-corrected chi connectivity index (χ0v) is 16.0. The summed E-state index contributed by atoms with van der Waals surface area (Å²) in [6.07, 6.45) is 1.06. The normalized spacial score (nSPS) is 19.7. The first-order chi connectivity index (χ1) is 12.5. The lowest BCUT2D eigenvalue weighted by molar-refractivity contribution is 0.0360. The minimum atomic E-state index is -3.61. The maximum Gasteiger partial charge on any atom is 0.264 e. The standard InChI is InChI=1S/C17H27N5O3S/c1-15-3-5-16(6-4-15)26(23,24)20-17-18-13-22(14-19-17)8-2-7-21-9-11-25-12-10-21/h3-6H,2,7-14H2,1H3,(H2,18,19,20). The highest BCUT2D eigenvalue weighted by atomic mass is 32.2. The molecular formula is C17H27N5O3S. The van der Waals surface area contributed by atoms with Gasteiger partial charge in [0.2, 0.25) is 5.96 Å².